The number of nitrogens with zero attached hydrogens (tertiary/aromatic N) is 2. The predicted molar refractivity (Wildman–Crippen MR) is 55.4 cm³/mol. The second kappa shape index (κ2) is 4.82. The van der Waals surface area contributed by atoms with Crippen molar-refractivity contribution in [1.29, 1.82) is 0 Å². The maximum Gasteiger partial charge on any atom is 0.0562 e. The number of likely N-dealkylation sites (N-methyl/N-ethyl adjacent to an activating group) is 1. The van der Waals surface area contributed by atoms with E-state index in [0.29, 0.717) is 6.04 Å². The molecular weight excluding hydrogens is 162 g/mol. The van der Waals surface area contributed by atoms with Gasteiger partial charge in [-0.2, -0.15) is 5.10 Å². The Morgan fingerprint density at radius 2 is 2.46 bits per heavy atom. The van der Waals surface area contributed by atoms with Crippen molar-refractivity contribution >= 4 is 6.08 Å². The first-order chi connectivity index (χ1) is 6.22. The van der Waals surface area contributed by atoms with E-state index in [9.17, 15) is 0 Å². The molecule has 3 heteroatoms. The molecule has 1 aromatic heterocycles. The van der Waals surface area contributed by atoms with E-state index in [0.717, 1.165) is 12.1 Å². The number of rotatable bonds is 4. The van der Waals surface area contributed by atoms with Gasteiger partial charge in [-0.15, -0.1) is 0 Å². The fraction of sp³-hybridized carbons (Fsp3) is 0.500. The average molecular weight is 179 g/mol. The molecule has 1 unspecified atom stereocenters. The number of aryl methyl sites for hydroxylation is 1. The van der Waals surface area contributed by atoms with Gasteiger partial charge in [-0.25, -0.2) is 0 Å². The monoisotopic (exact) mass is 179 g/mol. The highest BCUT2D eigenvalue weighted by Crippen LogP contribution is 2.00. The van der Waals surface area contributed by atoms with Crippen molar-refractivity contribution in [3.63, 3.8) is 0 Å². The van der Waals surface area contributed by atoms with Crippen LogP contribution >= 0.6 is 0 Å². The molecule has 0 saturated heterocycles. The molecule has 1 heterocycles. The molecule has 3 nitrogen and oxygen atoms in total. The van der Waals surface area contributed by atoms with Gasteiger partial charge in [-0.05, 0) is 13.5 Å². The van der Waals surface area contributed by atoms with Crippen molar-refractivity contribution in [2.75, 3.05) is 6.54 Å². The quantitative estimate of drug-likeness (QED) is 0.757. The lowest BCUT2D eigenvalue weighted by Gasteiger charge is -2.04. The Bertz CT molecular complexity index is 275. The molecule has 0 aliphatic rings. The maximum atomic E-state index is 4.09. The molecule has 0 fully saturated rings. The molecule has 0 aliphatic carbocycles. The minimum atomic E-state index is 0.421. The van der Waals surface area contributed by atoms with Crippen LogP contribution in [0.1, 0.15) is 19.4 Å². The highest BCUT2D eigenvalue weighted by molar-refractivity contribution is 5.47. The molecule has 1 atom stereocenters. The van der Waals surface area contributed by atoms with Crippen LogP contribution in [0.3, 0.4) is 0 Å². The number of aromatic nitrogens is 2. The summed E-state index contributed by atoms with van der Waals surface area (Å²) in [5, 5.41) is 7.39. The molecule has 0 bridgehead atoms. The van der Waals surface area contributed by atoms with E-state index in [4.69, 9.17) is 0 Å². The third kappa shape index (κ3) is 3.42. The predicted octanol–water partition coefficient (Wildman–Crippen LogP) is 1.43. The lowest BCUT2D eigenvalue weighted by molar-refractivity contribution is 0.663. The van der Waals surface area contributed by atoms with Crippen LogP contribution in [0.5, 0.6) is 0 Å². The Balaban J connectivity index is 2.48. The largest absolute Gasteiger partial charge is 0.311 e. The zero-order chi connectivity index (χ0) is 9.68. The number of hydrogen-bond donors (Lipinski definition) is 1. The van der Waals surface area contributed by atoms with Gasteiger partial charge in [-0.1, -0.05) is 19.1 Å². The molecule has 1 aromatic rings. The van der Waals surface area contributed by atoms with Crippen molar-refractivity contribution in [3.8, 4) is 0 Å². The molecule has 0 radical (unpaired) electrons. The van der Waals surface area contributed by atoms with Gasteiger partial charge >= 0.3 is 0 Å². The topological polar surface area (TPSA) is 29.9 Å². The van der Waals surface area contributed by atoms with E-state index < -0.39 is 0 Å². The van der Waals surface area contributed by atoms with Gasteiger partial charge in [0, 0.05) is 24.8 Å². The Hall–Kier alpha value is -1.09. The summed E-state index contributed by atoms with van der Waals surface area (Å²) in [6.07, 6.45) is 8.07. The van der Waals surface area contributed by atoms with Crippen molar-refractivity contribution in [3.05, 3.63) is 24.0 Å². The van der Waals surface area contributed by atoms with E-state index in [1.807, 2.05) is 19.4 Å². The molecular formula is C10H17N3. The fourth-order valence-corrected chi connectivity index (χ4v) is 1.17. The average Bonchev–Trinajstić information content (AvgIpc) is 2.49. The third-order valence-electron chi connectivity index (χ3n) is 1.83. The van der Waals surface area contributed by atoms with Crippen molar-refractivity contribution in [2.24, 2.45) is 7.05 Å². The van der Waals surface area contributed by atoms with Gasteiger partial charge in [0.1, 0.15) is 0 Å². The first-order valence-electron chi connectivity index (χ1n) is 4.62. The van der Waals surface area contributed by atoms with Gasteiger partial charge in [0.05, 0.1) is 6.20 Å². The van der Waals surface area contributed by atoms with Gasteiger partial charge in [0.25, 0.3) is 0 Å². The second-order valence-electron chi connectivity index (χ2n) is 3.15. The molecule has 0 amide bonds. The summed E-state index contributed by atoms with van der Waals surface area (Å²) in [5.41, 5.74) is 1.15. The minimum absolute atomic E-state index is 0.421. The van der Waals surface area contributed by atoms with Crippen molar-refractivity contribution in [2.45, 2.75) is 19.9 Å². The second-order valence-corrected chi connectivity index (χ2v) is 3.15. The lowest BCUT2D eigenvalue weighted by atomic mass is 10.2. The smallest absolute Gasteiger partial charge is 0.0562 e. The van der Waals surface area contributed by atoms with Gasteiger partial charge < -0.3 is 5.32 Å². The van der Waals surface area contributed by atoms with E-state index in [1.54, 1.807) is 4.68 Å². The molecule has 1 rings (SSSR count). The Morgan fingerprint density at radius 3 is 3.00 bits per heavy atom. The van der Waals surface area contributed by atoms with Crippen LogP contribution < -0.4 is 5.32 Å². The lowest BCUT2D eigenvalue weighted by Crippen LogP contribution is -2.22. The zero-order valence-corrected chi connectivity index (χ0v) is 8.49. The number of hydrogen-bond acceptors (Lipinski definition) is 2. The van der Waals surface area contributed by atoms with Gasteiger partial charge in [-0.3, -0.25) is 4.68 Å². The molecule has 0 aromatic carbocycles. The van der Waals surface area contributed by atoms with E-state index >= 15 is 0 Å². The van der Waals surface area contributed by atoms with E-state index in [1.165, 1.54) is 0 Å². The SMILES string of the molecule is CCNC(C)/C=C/c1cnn(C)c1. The highest BCUT2D eigenvalue weighted by Gasteiger charge is 1.93. The van der Waals surface area contributed by atoms with Gasteiger partial charge in [0.2, 0.25) is 0 Å². The number of nitrogens with one attached hydrogen (secondary N) is 1. The summed E-state index contributed by atoms with van der Waals surface area (Å²) in [6.45, 7) is 5.24. The fourth-order valence-electron chi connectivity index (χ4n) is 1.17. The van der Waals surface area contributed by atoms with Crippen LogP contribution in [0.25, 0.3) is 6.08 Å². The summed E-state index contributed by atoms with van der Waals surface area (Å²) in [4.78, 5) is 0. The maximum absolute atomic E-state index is 4.09. The van der Waals surface area contributed by atoms with E-state index in [2.05, 4.69) is 36.4 Å². The third-order valence-corrected chi connectivity index (χ3v) is 1.83. The normalized spacial score (nSPS) is 13.8. The van der Waals surface area contributed by atoms with Crippen molar-refractivity contribution < 1.29 is 0 Å². The van der Waals surface area contributed by atoms with Crippen LogP contribution in [-0.4, -0.2) is 22.4 Å². The summed E-state index contributed by atoms with van der Waals surface area (Å²) in [6, 6.07) is 0.421. The van der Waals surface area contributed by atoms with Gasteiger partial charge in [0.15, 0.2) is 0 Å². The van der Waals surface area contributed by atoms with Crippen LogP contribution in [0.2, 0.25) is 0 Å². The Kier molecular flexibility index (Phi) is 3.71. The standard InChI is InChI=1S/C10H17N3/c1-4-11-9(2)5-6-10-7-12-13(3)8-10/h5-9,11H,4H2,1-3H3/b6-5+. The van der Waals surface area contributed by atoms with E-state index in [-0.39, 0.29) is 0 Å². The molecule has 72 valence electrons. The molecule has 0 saturated carbocycles. The summed E-state index contributed by atoms with van der Waals surface area (Å²) < 4.78 is 1.80. The highest BCUT2D eigenvalue weighted by atomic mass is 15.2. The van der Waals surface area contributed by atoms with Crippen LogP contribution in [-0.2, 0) is 7.05 Å². The first kappa shape index (κ1) is 9.99. The van der Waals surface area contributed by atoms with Crippen LogP contribution in [0.4, 0.5) is 0 Å². The Labute approximate surface area is 79.5 Å². The summed E-state index contributed by atoms with van der Waals surface area (Å²) >= 11 is 0. The minimum Gasteiger partial charge on any atom is -0.311 e. The summed E-state index contributed by atoms with van der Waals surface area (Å²) in [5.74, 6) is 0. The molecule has 0 aliphatic heterocycles. The molecule has 1 N–H and O–H groups in total. The molecule has 0 spiro atoms. The van der Waals surface area contributed by atoms with Crippen molar-refractivity contribution in [1.82, 2.24) is 15.1 Å². The van der Waals surface area contributed by atoms with Crippen LogP contribution in [0, 0.1) is 0 Å². The Morgan fingerprint density at radius 1 is 1.69 bits per heavy atom. The zero-order valence-electron chi connectivity index (χ0n) is 8.49. The summed E-state index contributed by atoms with van der Waals surface area (Å²) in [7, 11) is 1.92. The van der Waals surface area contributed by atoms with Crippen LogP contribution in [0.15, 0.2) is 18.5 Å². The first-order valence-corrected chi connectivity index (χ1v) is 4.62. The molecule has 13 heavy (non-hydrogen) atoms.